The van der Waals surface area contributed by atoms with Crippen LogP contribution in [0.25, 0.3) is 0 Å². The molecule has 2 aromatic rings. The van der Waals surface area contributed by atoms with Crippen LogP contribution in [0.1, 0.15) is 32.6 Å². The predicted octanol–water partition coefficient (Wildman–Crippen LogP) is 3.56. The third-order valence-electron chi connectivity index (χ3n) is 3.16. The molecule has 2 nitrogen and oxygen atoms in total. The molecule has 2 aromatic carbocycles. The molecule has 0 aromatic heterocycles. The van der Waals surface area contributed by atoms with Gasteiger partial charge in [-0.3, -0.25) is 4.79 Å². The van der Waals surface area contributed by atoms with E-state index in [2.05, 4.69) is 0 Å². The van der Waals surface area contributed by atoms with Gasteiger partial charge in [-0.15, -0.1) is 0 Å². The lowest BCUT2D eigenvalue weighted by Crippen LogP contribution is -2.09. The Balaban J connectivity index is 2.59. The maximum Gasteiger partial charge on any atom is 0.195 e. The second-order valence-corrected chi connectivity index (χ2v) is 4.83. The zero-order chi connectivity index (χ0) is 14.2. The summed E-state index contributed by atoms with van der Waals surface area (Å²) < 4.78 is 13.3. The van der Waals surface area contributed by atoms with Gasteiger partial charge in [-0.25, -0.2) is 4.39 Å². The van der Waals surface area contributed by atoms with Gasteiger partial charge in [0.1, 0.15) is 5.82 Å². The standard InChI is InChI=1S/C16H16FNO/c1-9-6-10(2)15(11(3)7-9)16(19)13-8-12(17)4-5-14(13)18/h4-8H,18H2,1-3H3. The lowest BCUT2D eigenvalue weighted by atomic mass is 9.92. The minimum absolute atomic E-state index is 0.218. The van der Waals surface area contributed by atoms with Gasteiger partial charge in [-0.1, -0.05) is 17.7 Å². The van der Waals surface area contributed by atoms with E-state index in [1.165, 1.54) is 18.2 Å². The number of hydrogen-bond acceptors (Lipinski definition) is 2. The Morgan fingerprint density at radius 1 is 1.05 bits per heavy atom. The Hall–Kier alpha value is -2.16. The fourth-order valence-corrected chi connectivity index (χ4v) is 2.40. The van der Waals surface area contributed by atoms with Crippen LogP contribution in [-0.2, 0) is 0 Å². The van der Waals surface area contributed by atoms with Crippen molar-refractivity contribution in [2.75, 3.05) is 5.73 Å². The number of benzene rings is 2. The van der Waals surface area contributed by atoms with Gasteiger partial charge in [0.15, 0.2) is 5.78 Å². The summed E-state index contributed by atoms with van der Waals surface area (Å²) in [5.41, 5.74) is 9.74. The third kappa shape index (κ3) is 2.50. The molecule has 98 valence electrons. The van der Waals surface area contributed by atoms with Gasteiger partial charge >= 0.3 is 0 Å². The Morgan fingerprint density at radius 3 is 2.21 bits per heavy atom. The maximum absolute atomic E-state index is 13.3. The highest BCUT2D eigenvalue weighted by atomic mass is 19.1. The summed E-state index contributed by atoms with van der Waals surface area (Å²) in [4.78, 5) is 12.5. The Kier molecular flexibility index (Phi) is 3.38. The molecule has 0 bridgehead atoms. The van der Waals surface area contributed by atoms with Gasteiger partial charge < -0.3 is 5.73 Å². The van der Waals surface area contributed by atoms with E-state index in [4.69, 9.17) is 5.73 Å². The first-order valence-corrected chi connectivity index (χ1v) is 6.07. The molecule has 0 saturated carbocycles. The lowest BCUT2D eigenvalue weighted by molar-refractivity contribution is 0.103. The van der Waals surface area contributed by atoms with Gasteiger partial charge in [-0.2, -0.15) is 0 Å². The molecular weight excluding hydrogens is 241 g/mol. The number of ketones is 1. The molecule has 0 aliphatic heterocycles. The fraction of sp³-hybridized carbons (Fsp3) is 0.188. The first-order valence-electron chi connectivity index (χ1n) is 6.07. The monoisotopic (exact) mass is 257 g/mol. The number of aryl methyl sites for hydroxylation is 3. The number of nitrogen functional groups attached to an aromatic ring is 1. The van der Waals surface area contributed by atoms with Crippen LogP contribution in [0.15, 0.2) is 30.3 Å². The van der Waals surface area contributed by atoms with Crippen LogP contribution >= 0.6 is 0 Å². The van der Waals surface area contributed by atoms with Gasteiger partial charge in [0.25, 0.3) is 0 Å². The SMILES string of the molecule is Cc1cc(C)c(C(=O)c2cc(F)ccc2N)c(C)c1. The Bertz CT molecular complexity index is 639. The fourth-order valence-electron chi connectivity index (χ4n) is 2.40. The average Bonchev–Trinajstić information content (AvgIpc) is 2.30. The van der Waals surface area contributed by atoms with E-state index in [1.54, 1.807) is 0 Å². The molecule has 0 radical (unpaired) electrons. The minimum atomic E-state index is -0.458. The lowest BCUT2D eigenvalue weighted by Gasteiger charge is -2.11. The highest BCUT2D eigenvalue weighted by Crippen LogP contribution is 2.23. The number of carbonyl (C=O) groups excluding carboxylic acids is 1. The summed E-state index contributed by atoms with van der Waals surface area (Å²) in [7, 11) is 0. The molecule has 0 atom stereocenters. The minimum Gasteiger partial charge on any atom is -0.398 e. The highest BCUT2D eigenvalue weighted by Gasteiger charge is 2.17. The van der Waals surface area contributed by atoms with E-state index < -0.39 is 5.82 Å². The van der Waals surface area contributed by atoms with Crippen LogP contribution < -0.4 is 5.73 Å². The van der Waals surface area contributed by atoms with Crippen LogP contribution in [0, 0.1) is 26.6 Å². The summed E-state index contributed by atoms with van der Waals surface area (Å²) >= 11 is 0. The summed E-state index contributed by atoms with van der Waals surface area (Å²) in [5, 5.41) is 0. The molecule has 0 saturated heterocycles. The first-order chi connectivity index (χ1) is 8.90. The van der Waals surface area contributed by atoms with E-state index in [9.17, 15) is 9.18 Å². The molecule has 0 unspecified atom stereocenters. The van der Waals surface area contributed by atoms with E-state index in [-0.39, 0.29) is 11.3 Å². The van der Waals surface area contributed by atoms with Crippen molar-refractivity contribution in [2.24, 2.45) is 0 Å². The van der Waals surface area contributed by atoms with Crippen molar-refractivity contribution in [1.82, 2.24) is 0 Å². The zero-order valence-corrected chi connectivity index (χ0v) is 11.3. The Morgan fingerprint density at radius 2 is 1.63 bits per heavy atom. The van der Waals surface area contributed by atoms with Crippen molar-refractivity contribution in [3.8, 4) is 0 Å². The molecule has 0 fully saturated rings. The molecule has 2 rings (SSSR count). The summed E-state index contributed by atoms with van der Waals surface area (Å²) in [6.45, 7) is 5.73. The number of carbonyl (C=O) groups is 1. The molecular formula is C16H16FNO. The van der Waals surface area contributed by atoms with Crippen molar-refractivity contribution in [1.29, 1.82) is 0 Å². The summed E-state index contributed by atoms with van der Waals surface area (Å²) in [5.74, 6) is -0.688. The molecule has 0 spiro atoms. The summed E-state index contributed by atoms with van der Waals surface area (Å²) in [6.07, 6.45) is 0. The second kappa shape index (κ2) is 4.84. The quantitative estimate of drug-likeness (QED) is 0.660. The molecule has 0 heterocycles. The van der Waals surface area contributed by atoms with Crippen LogP contribution in [-0.4, -0.2) is 5.78 Å². The highest BCUT2D eigenvalue weighted by molar-refractivity contribution is 6.13. The molecule has 19 heavy (non-hydrogen) atoms. The van der Waals surface area contributed by atoms with Gasteiger partial charge in [0.2, 0.25) is 0 Å². The van der Waals surface area contributed by atoms with Crippen LogP contribution in [0.3, 0.4) is 0 Å². The van der Waals surface area contributed by atoms with Crippen LogP contribution in [0.2, 0.25) is 0 Å². The van der Waals surface area contributed by atoms with Crippen molar-refractivity contribution < 1.29 is 9.18 Å². The van der Waals surface area contributed by atoms with E-state index in [0.29, 0.717) is 11.3 Å². The van der Waals surface area contributed by atoms with E-state index in [0.717, 1.165) is 16.7 Å². The number of hydrogen-bond donors (Lipinski definition) is 1. The van der Waals surface area contributed by atoms with Gasteiger partial charge in [-0.05, 0) is 50.1 Å². The zero-order valence-electron chi connectivity index (χ0n) is 11.3. The topological polar surface area (TPSA) is 43.1 Å². The number of nitrogens with two attached hydrogens (primary N) is 1. The first kappa shape index (κ1) is 13.3. The van der Waals surface area contributed by atoms with E-state index in [1.807, 2.05) is 32.9 Å². The molecule has 0 aliphatic rings. The smallest absolute Gasteiger partial charge is 0.195 e. The number of rotatable bonds is 2. The number of halogens is 1. The molecule has 0 aliphatic carbocycles. The third-order valence-corrected chi connectivity index (χ3v) is 3.16. The largest absolute Gasteiger partial charge is 0.398 e. The van der Waals surface area contributed by atoms with Crippen LogP contribution in [0.4, 0.5) is 10.1 Å². The molecule has 3 heteroatoms. The molecule has 0 amide bonds. The van der Waals surface area contributed by atoms with Crippen molar-refractivity contribution in [3.63, 3.8) is 0 Å². The molecule has 2 N–H and O–H groups in total. The van der Waals surface area contributed by atoms with Crippen molar-refractivity contribution in [3.05, 3.63) is 64.0 Å². The van der Waals surface area contributed by atoms with Gasteiger partial charge in [0, 0.05) is 16.8 Å². The van der Waals surface area contributed by atoms with Crippen molar-refractivity contribution in [2.45, 2.75) is 20.8 Å². The Labute approximate surface area is 112 Å². The predicted molar refractivity (Wildman–Crippen MR) is 74.9 cm³/mol. The normalized spacial score (nSPS) is 10.5. The average molecular weight is 257 g/mol. The van der Waals surface area contributed by atoms with Crippen LogP contribution in [0.5, 0.6) is 0 Å². The maximum atomic E-state index is 13.3. The summed E-state index contributed by atoms with van der Waals surface area (Å²) in [6, 6.07) is 7.74. The van der Waals surface area contributed by atoms with Crippen molar-refractivity contribution >= 4 is 11.5 Å². The second-order valence-electron chi connectivity index (χ2n) is 4.83. The van der Waals surface area contributed by atoms with Gasteiger partial charge in [0.05, 0.1) is 0 Å². The van der Waals surface area contributed by atoms with E-state index >= 15 is 0 Å². The number of anilines is 1.